The smallest absolute Gasteiger partial charge is 0.457 e. The predicted molar refractivity (Wildman–Crippen MR) is 134 cm³/mol. The van der Waals surface area contributed by atoms with Crippen molar-refractivity contribution in [3.63, 3.8) is 0 Å². The van der Waals surface area contributed by atoms with Crippen molar-refractivity contribution in [2.45, 2.75) is 90.1 Å². The molecule has 6 rings (SSSR count). The molecule has 1 saturated heterocycles. The number of hydrogen-bond donors (Lipinski definition) is 0. The van der Waals surface area contributed by atoms with Gasteiger partial charge in [-0.05, 0) is 98.1 Å². The van der Waals surface area contributed by atoms with E-state index < -0.39 is 12.0 Å². The molecule has 0 bridgehead atoms. The van der Waals surface area contributed by atoms with E-state index in [1.54, 1.807) is 12.1 Å². The molecule has 1 aromatic carbocycles. The van der Waals surface area contributed by atoms with E-state index in [1.807, 2.05) is 0 Å². The number of ether oxygens (including phenoxy) is 2. The Morgan fingerprint density at radius 3 is 2.50 bits per heavy atom. The van der Waals surface area contributed by atoms with Crippen LogP contribution in [0.3, 0.4) is 0 Å². The van der Waals surface area contributed by atoms with Crippen LogP contribution in [0.4, 0.5) is 13.2 Å². The molecule has 1 heterocycles. The average Bonchev–Trinajstić information content (AvgIpc) is 3.14. The minimum Gasteiger partial charge on any atom is -0.457 e. The summed E-state index contributed by atoms with van der Waals surface area (Å²) in [6, 6.07) is 5.88. The molecule has 4 saturated carbocycles. The predicted octanol–water partition coefficient (Wildman–Crippen LogP) is 6.29. The fourth-order valence-electron chi connectivity index (χ4n) is 9.43. The molecule has 38 heavy (non-hydrogen) atoms. The van der Waals surface area contributed by atoms with Gasteiger partial charge in [0.2, 0.25) is 0 Å². The first-order valence-electron chi connectivity index (χ1n) is 14.2. The largest absolute Gasteiger partial charge is 0.573 e. The van der Waals surface area contributed by atoms with E-state index in [2.05, 4.69) is 23.5 Å². The topological polar surface area (TPSA) is 55.8 Å². The van der Waals surface area contributed by atoms with Crippen molar-refractivity contribution >= 4 is 11.8 Å². The van der Waals surface area contributed by atoms with Gasteiger partial charge in [-0.3, -0.25) is 14.5 Å². The molecule has 8 heteroatoms. The number of esters is 1. The minimum absolute atomic E-state index is 0.114. The number of nitrogens with zero attached hydrogens (tertiary/aromatic N) is 1. The summed E-state index contributed by atoms with van der Waals surface area (Å²) in [5.41, 5.74) is 0.431. The first kappa shape index (κ1) is 26.1. The van der Waals surface area contributed by atoms with Crippen molar-refractivity contribution in [3.8, 4) is 5.75 Å². The molecule has 4 aliphatic carbocycles. The number of carbonyl (C=O) groups is 2. The molecule has 0 radical (unpaired) electrons. The van der Waals surface area contributed by atoms with Gasteiger partial charge >= 0.3 is 12.3 Å². The third kappa shape index (κ3) is 4.44. The highest BCUT2D eigenvalue weighted by atomic mass is 19.4. The Bertz CT molecular complexity index is 1110. The second kappa shape index (κ2) is 8.97. The van der Waals surface area contributed by atoms with Crippen LogP contribution in [-0.4, -0.2) is 41.7 Å². The normalized spacial score (nSPS) is 41.3. The second-order valence-corrected chi connectivity index (χ2v) is 13.3. The summed E-state index contributed by atoms with van der Waals surface area (Å²) in [6.45, 7) is 6.00. The third-order valence-electron chi connectivity index (χ3n) is 11.3. The van der Waals surface area contributed by atoms with Crippen LogP contribution in [0.25, 0.3) is 0 Å². The summed E-state index contributed by atoms with van der Waals surface area (Å²) in [5, 5.41) is 0. The Kier molecular flexibility index (Phi) is 6.17. The van der Waals surface area contributed by atoms with E-state index in [0.717, 1.165) is 56.9 Å². The van der Waals surface area contributed by atoms with E-state index >= 15 is 0 Å². The Morgan fingerprint density at radius 1 is 1.00 bits per heavy atom. The van der Waals surface area contributed by atoms with Crippen LogP contribution in [0.1, 0.15) is 77.2 Å². The van der Waals surface area contributed by atoms with Gasteiger partial charge in [-0.25, -0.2) is 0 Å². The lowest BCUT2D eigenvalue weighted by atomic mass is 9.44. The van der Waals surface area contributed by atoms with E-state index in [1.165, 1.54) is 18.6 Å². The molecule has 208 valence electrons. The maximum Gasteiger partial charge on any atom is 0.573 e. The van der Waals surface area contributed by atoms with Crippen LogP contribution in [0.2, 0.25) is 0 Å². The summed E-state index contributed by atoms with van der Waals surface area (Å²) in [5.74, 6) is 2.29. The molecule has 5 aliphatic rings. The molecule has 5 fully saturated rings. The molecule has 1 spiro atoms. The highest BCUT2D eigenvalue weighted by Gasteiger charge is 2.62. The van der Waals surface area contributed by atoms with Gasteiger partial charge in [-0.2, -0.15) is 0 Å². The van der Waals surface area contributed by atoms with Gasteiger partial charge in [0.05, 0.1) is 6.54 Å². The number of carbonyl (C=O) groups excluding carboxylic acids is 2. The molecular formula is C30H38F3NO4. The van der Waals surface area contributed by atoms with Crippen LogP contribution >= 0.6 is 0 Å². The molecule has 0 amide bonds. The molecule has 1 aromatic rings. The van der Waals surface area contributed by atoms with Crippen LogP contribution < -0.4 is 4.74 Å². The van der Waals surface area contributed by atoms with Crippen LogP contribution in [-0.2, 0) is 20.9 Å². The number of Topliss-reactive ketones (excluding diaryl/α,β-unsaturated/α-hetero) is 1. The Hall–Kier alpha value is -2.09. The lowest BCUT2D eigenvalue weighted by molar-refractivity contribution is -0.274. The Morgan fingerprint density at radius 2 is 1.76 bits per heavy atom. The summed E-state index contributed by atoms with van der Waals surface area (Å²) in [7, 11) is 0. The molecule has 7 atom stereocenters. The number of hydrogen-bond acceptors (Lipinski definition) is 5. The van der Waals surface area contributed by atoms with E-state index in [9.17, 15) is 22.8 Å². The van der Waals surface area contributed by atoms with Crippen molar-refractivity contribution in [1.29, 1.82) is 0 Å². The summed E-state index contributed by atoms with van der Waals surface area (Å²) < 4.78 is 47.6. The number of rotatable bonds is 3. The lowest BCUT2D eigenvalue weighted by Crippen LogP contribution is -2.61. The Labute approximate surface area is 222 Å². The monoisotopic (exact) mass is 533 g/mol. The third-order valence-corrected chi connectivity index (χ3v) is 11.3. The van der Waals surface area contributed by atoms with Crippen molar-refractivity contribution in [3.05, 3.63) is 29.8 Å². The lowest BCUT2D eigenvalue weighted by Gasteiger charge is -2.62. The van der Waals surface area contributed by atoms with Crippen LogP contribution in [0.5, 0.6) is 5.75 Å². The highest BCUT2D eigenvalue weighted by molar-refractivity contribution is 5.87. The van der Waals surface area contributed by atoms with Gasteiger partial charge in [0, 0.05) is 24.9 Å². The number of benzene rings is 1. The van der Waals surface area contributed by atoms with E-state index in [4.69, 9.17) is 4.74 Å². The van der Waals surface area contributed by atoms with Crippen molar-refractivity contribution in [1.82, 2.24) is 4.90 Å². The number of fused-ring (bicyclic) bond motifs is 5. The zero-order chi connectivity index (χ0) is 26.9. The van der Waals surface area contributed by atoms with Crippen molar-refractivity contribution in [2.75, 3.05) is 13.1 Å². The van der Waals surface area contributed by atoms with Gasteiger partial charge in [0.1, 0.15) is 17.1 Å². The molecule has 1 aliphatic heterocycles. The van der Waals surface area contributed by atoms with Gasteiger partial charge in [0.25, 0.3) is 0 Å². The fraction of sp³-hybridized carbons (Fsp3) is 0.733. The maximum absolute atomic E-state index is 12.8. The number of ketones is 1. The van der Waals surface area contributed by atoms with Gasteiger partial charge in [0.15, 0.2) is 0 Å². The van der Waals surface area contributed by atoms with E-state index in [0.29, 0.717) is 42.5 Å². The van der Waals surface area contributed by atoms with Gasteiger partial charge < -0.3 is 9.47 Å². The van der Waals surface area contributed by atoms with Gasteiger partial charge in [-0.15, -0.1) is 13.2 Å². The summed E-state index contributed by atoms with van der Waals surface area (Å²) in [4.78, 5) is 27.6. The zero-order valence-corrected chi connectivity index (χ0v) is 22.3. The summed E-state index contributed by atoms with van der Waals surface area (Å²) >= 11 is 0. The highest BCUT2D eigenvalue weighted by Crippen LogP contribution is 2.66. The minimum atomic E-state index is -4.72. The molecular weight excluding hydrogens is 495 g/mol. The number of morpholine rings is 1. The SMILES string of the molecule is C[C@]12CC[C@@]3(C[C@@H]1CC[C@@H]1[C@@H]2CC[C@]2(C)C(=O)CC[C@@H]12)CN(Cc1ccc(OC(F)(F)F)cc1)CC(=O)O3. The molecule has 5 nitrogen and oxygen atoms in total. The maximum atomic E-state index is 12.8. The molecule has 0 unspecified atom stereocenters. The first-order valence-corrected chi connectivity index (χ1v) is 14.2. The molecule has 0 N–H and O–H groups in total. The zero-order valence-electron chi connectivity index (χ0n) is 22.3. The number of halogens is 3. The fourth-order valence-corrected chi connectivity index (χ4v) is 9.43. The van der Waals surface area contributed by atoms with Crippen molar-refractivity contribution in [2.24, 2.45) is 34.5 Å². The quantitative estimate of drug-likeness (QED) is 0.427. The van der Waals surface area contributed by atoms with Gasteiger partial charge in [-0.1, -0.05) is 26.0 Å². The van der Waals surface area contributed by atoms with Crippen LogP contribution in [0.15, 0.2) is 24.3 Å². The Balaban J connectivity index is 1.14. The second-order valence-electron chi connectivity index (χ2n) is 13.3. The standard InChI is InChI=1S/C30H38F3NO4/c1-27-13-14-29(15-20(27)5-8-22-23-9-10-25(35)28(23,2)12-11-24(22)27)18-34(17-26(36)38-29)16-19-3-6-21(7-4-19)37-30(31,32)33/h3-4,6-7,20,22-24H,5,8-18H2,1-2H3/t20-,22-,23-,24-,27-,28-,29+/m0/s1. The van der Waals surface area contributed by atoms with Crippen LogP contribution in [0, 0.1) is 34.5 Å². The first-order chi connectivity index (χ1) is 17.9. The van der Waals surface area contributed by atoms with Crippen molar-refractivity contribution < 1.29 is 32.2 Å². The molecule has 0 aromatic heterocycles. The number of alkyl halides is 3. The summed E-state index contributed by atoms with van der Waals surface area (Å²) in [6.07, 6.45) is 4.25. The van der Waals surface area contributed by atoms with E-state index in [-0.39, 0.29) is 29.1 Å². The average molecular weight is 534 g/mol.